The van der Waals surface area contributed by atoms with Gasteiger partial charge < -0.3 is 15.5 Å². The zero-order valence-corrected chi connectivity index (χ0v) is 17.8. The molecule has 160 valence electrons. The van der Waals surface area contributed by atoms with Crippen molar-refractivity contribution < 1.29 is 4.79 Å². The van der Waals surface area contributed by atoms with Gasteiger partial charge in [-0.05, 0) is 70.1 Å². The third kappa shape index (κ3) is 5.59. The average Bonchev–Trinajstić information content (AvgIpc) is 2.79. The zero-order chi connectivity index (χ0) is 20.1. The molecular formula is C24H38N4O. The van der Waals surface area contributed by atoms with Crippen molar-refractivity contribution in [2.45, 2.75) is 57.0 Å². The lowest BCUT2D eigenvalue weighted by atomic mass is 9.92. The van der Waals surface area contributed by atoms with Crippen molar-refractivity contribution in [2.75, 3.05) is 45.8 Å². The number of piperidine rings is 3. The molecule has 0 saturated carbocycles. The lowest BCUT2D eigenvalue weighted by molar-refractivity contribution is -0.138. The second kappa shape index (κ2) is 10.1. The molecule has 1 amide bonds. The molecule has 3 aliphatic rings. The molecule has 0 spiro atoms. The molecule has 0 unspecified atom stereocenters. The van der Waals surface area contributed by atoms with Gasteiger partial charge in [-0.15, -0.1) is 0 Å². The Morgan fingerprint density at radius 3 is 2.38 bits per heavy atom. The van der Waals surface area contributed by atoms with Crippen molar-refractivity contribution in [3.8, 4) is 0 Å². The van der Waals surface area contributed by atoms with Crippen molar-refractivity contribution in [1.82, 2.24) is 14.7 Å². The number of likely N-dealkylation sites (tertiary alicyclic amines) is 3. The van der Waals surface area contributed by atoms with Gasteiger partial charge in [-0.25, -0.2) is 0 Å². The summed E-state index contributed by atoms with van der Waals surface area (Å²) in [6, 6.07) is 11.8. The highest BCUT2D eigenvalue weighted by molar-refractivity contribution is 5.79. The number of hydrogen-bond acceptors (Lipinski definition) is 4. The maximum atomic E-state index is 13.0. The summed E-state index contributed by atoms with van der Waals surface area (Å²) in [6.45, 7) is 7.40. The highest BCUT2D eigenvalue weighted by Crippen LogP contribution is 2.26. The summed E-state index contributed by atoms with van der Waals surface area (Å²) >= 11 is 0. The van der Waals surface area contributed by atoms with Gasteiger partial charge in [-0.2, -0.15) is 0 Å². The molecule has 4 rings (SSSR count). The van der Waals surface area contributed by atoms with E-state index in [2.05, 4.69) is 45.0 Å². The van der Waals surface area contributed by atoms with Crippen LogP contribution in [0.2, 0.25) is 0 Å². The topological polar surface area (TPSA) is 52.8 Å². The first kappa shape index (κ1) is 20.8. The van der Waals surface area contributed by atoms with E-state index < -0.39 is 0 Å². The summed E-state index contributed by atoms with van der Waals surface area (Å²) in [6.07, 6.45) is 7.78. The van der Waals surface area contributed by atoms with E-state index in [4.69, 9.17) is 5.73 Å². The van der Waals surface area contributed by atoms with E-state index in [1.165, 1.54) is 38.0 Å². The third-order valence-electron chi connectivity index (χ3n) is 7.29. The predicted octanol–water partition coefficient (Wildman–Crippen LogP) is 2.36. The third-order valence-corrected chi connectivity index (χ3v) is 7.29. The molecule has 5 nitrogen and oxygen atoms in total. The van der Waals surface area contributed by atoms with Gasteiger partial charge >= 0.3 is 0 Å². The highest BCUT2D eigenvalue weighted by Gasteiger charge is 2.34. The van der Waals surface area contributed by atoms with Gasteiger partial charge in [0.05, 0.1) is 5.92 Å². The van der Waals surface area contributed by atoms with Crippen LogP contribution >= 0.6 is 0 Å². The van der Waals surface area contributed by atoms with Gasteiger partial charge in [0.25, 0.3) is 0 Å². The molecular weight excluding hydrogens is 360 g/mol. The van der Waals surface area contributed by atoms with E-state index in [0.29, 0.717) is 11.9 Å². The standard InChI is InChI=1S/C24H38N4O/c25-22-9-17-27(18-10-22)24(29)21-7-4-13-28(19-21)23-11-15-26(16-12-23)14-8-20-5-2-1-3-6-20/h1-3,5-6,21-23H,4,7-19,25H2/t21-/m1/s1. The summed E-state index contributed by atoms with van der Waals surface area (Å²) < 4.78 is 0. The number of carbonyl (C=O) groups excluding carboxylic acids is 1. The van der Waals surface area contributed by atoms with Crippen LogP contribution < -0.4 is 5.73 Å². The minimum Gasteiger partial charge on any atom is -0.342 e. The number of nitrogens with two attached hydrogens (primary N) is 1. The van der Waals surface area contributed by atoms with Gasteiger partial charge in [-0.3, -0.25) is 9.69 Å². The van der Waals surface area contributed by atoms with E-state index in [1.807, 2.05) is 0 Å². The van der Waals surface area contributed by atoms with Gasteiger partial charge in [0, 0.05) is 38.3 Å². The molecule has 3 saturated heterocycles. The smallest absolute Gasteiger partial charge is 0.226 e. The number of amides is 1. The molecule has 0 aromatic heterocycles. The van der Waals surface area contributed by atoms with E-state index >= 15 is 0 Å². The number of hydrogen-bond donors (Lipinski definition) is 1. The fraction of sp³-hybridized carbons (Fsp3) is 0.708. The Morgan fingerprint density at radius 1 is 0.931 bits per heavy atom. The molecule has 1 aromatic carbocycles. The molecule has 0 aliphatic carbocycles. The van der Waals surface area contributed by atoms with Crippen LogP contribution in [0.15, 0.2) is 30.3 Å². The Bertz CT molecular complexity index is 636. The number of carbonyl (C=O) groups is 1. The first-order valence-electron chi connectivity index (χ1n) is 11.7. The number of rotatable bonds is 5. The van der Waals surface area contributed by atoms with E-state index in [1.54, 1.807) is 0 Å². The molecule has 3 fully saturated rings. The van der Waals surface area contributed by atoms with E-state index in [9.17, 15) is 4.79 Å². The Balaban J connectivity index is 1.22. The van der Waals surface area contributed by atoms with Crippen molar-refractivity contribution >= 4 is 5.91 Å². The Labute approximate surface area is 176 Å². The van der Waals surface area contributed by atoms with Crippen LogP contribution in [0.3, 0.4) is 0 Å². The summed E-state index contributed by atoms with van der Waals surface area (Å²) in [7, 11) is 0. The van der Waals surface area contributed by atoms with Crippen LogP contribution in [0.1, 0.15) is 44.1 Å². The van der Waals surface area contributed by atoms with E-state index in [-0.39, 0.29) is 12.0 Å². The Morgan fingerprint density at radius 2 is 1.66 bits per heavy atom. The molecule has 5 heteroatoms. The largest absolute Gasteiger partial charge is 0.342 e. The minimum atomic E-state index is 0.203. The summed E-state index contributed by atoms with van der Waals surface area (Å²) in [5, 5.41) is 0. The maximum absolute atomic E-state index is 13.0. The van der Waals surface area contributed by atoms with Gasteiger partial charge in [0.15, 0.2) is 0 Å². The Hall–Kier alpha value is -1.43. The fourth-order valence-corrected chi connectivity index (χ4v) is 5.36. The van der Waals surface area contributed by atoms with Crippen molar-refractivity contribution in [3.05, 3.63) is 35.9 Å². The van der Waals surface area contributed by atoms with Crippen LogP contribution in [0, 0.1) is 5.92 Å². The zero-order valence-electron chi connectivity index (χ0n) is 17.8. The highest BCUT2D eigenvalue weighted by atomic mass is 16.2. The normalized spacial score (nSPS) is 26.0. The minimum absolute atomic E-state index is 0.203. The molecule has 3 aliphatic heterocycles. The fourth-order valence-electron chi connectivity index (χ4n) is 5.36. The second-order valence-corrected chi connectivity index (χ2v) is 9.31. The molecule has 0 bridgehead atoms. The first-order chi connectivity index (χ1) is 14.2. The van der Waals surface area contributed by atoms with Crippen LogP contribution in [0.25, 0.3) is 0 Å². The first-order valence-corrected chi connectivity index (χ1v) is 11.7. The molecule has 2 N–H and O–H groups in total. The summed E-state index contributed by atoms with van der Waals surface area (Å²) in [5.74, 6) is 0.594. The number of nitrogens with zero attached hydrogens (tertiary/aromatic N) is 3. The van der Waals surface area contributed by atoms with Gasteiger partial charge in [-0.1, -0.05) is 30.3 Å². The lowest BCUT2D eigenvalue weighted by Gasteiger charge is -2.43. The lowest BCUT2D eigenvalue weighted by Crippen LogP contribution is -2.52. The van der Waals surface area contributed by atoms with Crippen LogP contribution in [0.5, 0.6) is 0 Å². The average molecular weight is 399 g/mol. The van der Waals surface area contributed by atoms with Crippen molar-refractivity contribution in [1.29, 1.82) is 0 Å². The Kier molecular flexibility index (Phi) is 7.22. The van der Waals surface area contributed by atoms with Gasteiger partial charge in [0.1, 0.15) is 0 Å². The maximum Gasteiger partial charge on any atom is 0.226 e. The van der Waals surface area contributed by atoms with Crippen molar-refractivity contribution in [2.24, 2.45) is 11.7 Å². The summed E-state index contributed by atoms with van der Waals surface area (Å²) in [4.78, 5) is 20.4. The second-order valence-electron chi connectivity index (χ2n) is 9.31. The van der Waals surface area contributed by atoms with Crippen LogP contribution in [-0.4, -0.2) is 78.5 Å². The van der Waals surface area contributed by atoms with Crippen LogP contribution in [0.4, 0.5) is 0 Å². The SMILES string of the molecule is NC1CCN(C(=O)[C@@H]2CCCN(C3CCN(CCc4ccccc4)CC3)C2)CC1. The monoisotopic (exact) mass is 398 g/mol. The van der Waals surface area contributed by atoms with Gasteiger partial charge in [0.2, 0.25) is 5.91 Å². The van der Waals surface area contributed by atoms with Crippen LogP contribution in [-0.2, 0) is 11.2 Å². The molecule has 0 radical (unpaired) electrons. The predicted molar refractivity (Wildman–Crippen MR) is 118 cm³/mol. The molecule has 1 aromatic rings. The molecule has 3 heterocycles. The number of benzene rings is 1. The molecule has 1 atom stereocenters. The quantitative estimate of drug-likeness (QED) is 0.827. The van der Waals surface area contributed by atoms with E-state index in [0.717, 1.165) is 58.3 Å². The summed E-state index contributed by atoms with van der Waals surface area (Å²) in [5.41, 5.74) is 7.45. The van der Waals surface area contributed by atoms with Crippen molar-refractivity contribution in [3.63, 3.8) is 0 Å². The molecule has 29 heavy (non-hydrogen) atoms.